The Morgan fingerprint density at radius 2 is 2.15 bits per heavy atom. The third-order valence-electron chi connectivity index (χ3n) is 3.69. The zero-order chi connectivity index (χ0) is 14.3. The molecule has 5 heteroatoms. The first-order valence-electron chi connectivity index (χ1n) is 6.73. The summed E-state index contributed by atoms with van der Waals surface area (Å²) in [5.41, 5.74) is 8.29. The number of nitrogens with two attached hydrogens (primary N) is 1. The van der Waals surface area contributed by atoms with Crippen molar-refractivity contribution in [3.05, 3.63) is 49.8 Å². The molecule has 20 heavy (non-hydrogen) atoms. The summed E-state index contributed by atoms with van der Waals surface area (Å²) in [5.74, 6) is 0.134. The largest absolute Gasteiger partial charge is 0.488 e. The summed E-state index contributed by atoms with van der Waals surface area (Å²) in [6.45, 7) is 2.13. The first kappa shape index (κ1) is 12.9. The van der Waals surface area contributed by atoms with Crippen molar-refractivity contribution in [2.24, 2.45) is 5.73 Å². The van der Waals surface area contributed by atoms with E-state index in [-0.39, 0.29) is 17.5 Å². The average molecular weight is 272 g/mol. The molecule has 2 aromatic rings. The monoisotopic (exact) mass is 272 g/mol. The maximum atomic E-state index is 11.6. The van der Waals surface area contributed by atoms with Gasteiger partial charge in [0.25, 0.3) is 10.9 Å². The molecule has 0 bridgehead atoms. The van der Waals surface area contributed by atoms with Gasteiger partial charge in [0.1, 0.15) is 5.69 Å². The van der Waals surface area contributed by atoms with Crippen molar-refractivity contribution in [3.8, 4) is 5.75 Å². The fourth-order valence-corrected chi connectivity index (χ4v) is 2.64. The lowest BCUT2D eigenvalue weighted by Gasteiger charge is -2.14. The van der Waals surface area contributed by atoms with Crippen molar-refractivity contribution < 1.29 is 4.74 Å². The second-order valence-corrected chi connectivity index (χ2v) is 4.98. The molecule has 2 aromatic carbocycles. The molecule has 0 amide bonds. The zero-order valence-corrected chi connectivity index (χ0v) is 11.2. The minimum absolute atomic E-state index is 0.101. The van der Waals surface area contributed by atoms with Crippen LogP contribution >= 0.6 is 0 Å². The zero-order valence-electron chi connectivity index (χ0n) is 11.2. The number of benzene rings is 1. The van der Waals surface area contributed by atoms with E-state index in [2.05, 4.69) is 5.32 Å². The predicted molar refractivity (Wildman–Crippen MR) is 77.5 cm³/mol. The molecule has 3 N–H and O–H groups in total. The highest BCUT2D eigenvalue weighted by molar-refractivity contribution is 5.70. The van der Waals surface area contributed by atoms with Crippen LogP contribution in [0, 0.1) is 0 Å². The second kappa shape index (κ2) is 4.76. The van der Waals surface area contributed by atoms with E-state index in [4.69, 9.17) is 10.5 Å². The van der Waals surface area contributed by atoms with Gasteiger partial charge in [-0.05, 0) is 43.0 Å². The molecule has 0 unspecified atom stereocenters. The van der Waals surface area contributed by atoms with Gasteiger partial charge in [0, 0.05) is 11.7 Å². The van der Waals surface area contributed by atoms with Crippen molar-refractivity contribution in [1.29, 1.82) is 0 Å². The standard InChI is InChI=1S/C15H16N2O3/c1-2-20-15-12(13(18)14(15)19)17-9-4-5-10-8(7-9)3-6-11(10)16/h4-5,7,11,17H,2-3,6,16H2,1H3/t11-/m0/s1. The van der Waals surface area contributed by atoms with E-state index in [1.54, 1.807) is 6.92 Å². The number of hydrogen-bond donors (Lipinski definition) is 2. The molecular weight excluding hydrogens is 256 g/mol. The number of nitrogens with one attached hydrogen (secondary N) is 1. The van der Waals surface area contributed by atoms with Gasteiger partial charge < -0.3 is 15.8 Å². The summed E-state index contributed by atoms with van der Waals surface area (Å²) in [6.07, 6.45) is 1.89. The fraction of sp³-hybridized carbons (Fsp3) is 0.333. The summed E-state index contributed by atoms with van der Waals surface area (Å²) in [6, 6.07) is 5.93. The Morgan fingerprint density at radius 3 is 2.90 bits per heavy atom. The molecule has 0 aromatic heterocycles. The van der Waals surface area contributed by atoms with Gasteiger partial charge in [-0.3, -0.25) is 9.59 Å². The van der Waals surface area contributed by atoms with E-state index in [1.807, 2.05) is 18.2 Å². The Kier molecular flexibility index (Phi) is 3.06. The number of fused-ring (bicyclic) bond motifs is 1. The Balaban J connectivity index is 1.88. The van der Waals surface area contributed by atoms with Crippen molar-refractivity contribution in [3.63, 3.8) is 0 Å². The number of hydrogen-bond acceptors (Lipinski definition) is 5. The molecule has 0 radical (unpaired) electrons. The van der Waals surface area contributed by atoms with Gasteiger partial charge in [-0.2, -0.15) is 0 Å². The maximum Gasteiger partial charge on any atom is 0.272 e. The van der Waals surface area contributed by atoms with Gasteiger partial charge in [-0.25, -0.2) is 0 Å². The van der Waals surface area contributed by atoms with Crippen molar-refractivity contribution >= 4 is 11.4 Å². The van der Waals surface area contributed by atoms with Gasteiger partial charge in [0.2, 0.25) is 0 Å². The Bertz CT molecular complexity index is 729. The molecule has 1 aliphatic carbocycles. The van der Waals surface area contributed by atoms with Crippen LogP contribution in [0.5, 0.6) is 5.75 Å². The summed E-state index contributed by atoms with van der Waals surface area (Å²) in [4.78, 5) is 23.0. The lowest BCUT2D eigenvalue weighted by atomic mass is 10.1. The van der Waals surface area contributed by atoms with E-state index in [0.717, 1.165) is 24.1 Å². The number of anilines is 2. The molecule has 0 spiro atoms. The highest BCUT2D eigenvalue weighted by Gasteiger charge is 2.23. The minimum atomic E-state index is -0.558. The average Bonchev–Trinajstić information content (AvgIpc) is 2.83. The quantitative estimate of drug-likeness (QED) is 0.822. The molecule has 0 saturated heterocycles. The third-order valence-corrected chi connectivity index (χ3v) is 3.69. The summed E-state index contributed by atoms with van der Waals surface area (Å²) < 4.78 is 5.18. The van der Waals surface area contributed by atoms with E-state index in [0.29, 0.717) is 6.61 Å². The van der Waals surface area contributed by atoms with Crippen LogP contribution in [-0.2, 0) is 6.42 Å². The van der Waals surface area contributed by atoms with Gasteiger partial charge in [0.15, 0.2) is 5.75 Å². The fourth-order valence-electron chi connectivity index (χ4n) is 2.64. The van der Waals surface area contributed by atoms with Gasteiger partial charge in [-0.15, -0.1) is 0 Å². The smallest absolute Gasteiger partial charge is 0.272 e. The molecular formula is C15H16N2O3. The lowest BCUT2D eigenvalue weighted by molar-refractivity contribution is 0.335. The van der Waals surface area contributed by atoms with Gasteiger partial charge in [0.05, 0.1) is 6.61 Å². The minimum Gasteiger partial charge on any atom is -0.488 e. The summed E-state index contributed by atoms with van der Waals surface area (Å²) in [5, 5.41) is 2.98. The molecule has 0 aliphatic heterocycles. The van der Waals surface area contributed by atoms with E-state index >= 15 is 0 Å². The molecule has 3 rings (SSSR count). The van der Waals surface area contributed by atoms with E-state index < -0.39 is 10.9 Å². The topological polar surface area (TPSA) is 81.4 Å². The summed E-state index contributed by atoms with van der Waals surface area (Å²) >= 11 is 0. The Hall–Kier alpha value is -2.14. The van der Waals surface area contributed by atoms with Crippen LogP contribution in [0.3, 0.4) is 0 Å². The van der Waals surface area contributed by atoms with Crippen LogP contribution in [-0.4, -0.2) is 6.61 Å². The van der Waals surface area contributed by atoms with Crippen LogP contribution in [0.2, 0.25) is 0 Å². The molecule has 5 nitrogen and oxygen atoms in total. The molecule has 1 aliphatic rings. The third kappa shape index (κ3) is 1.91. The second-order valence-electron chi connectivity index (χ2n) is 4.98. The molecule has 1 atom stereocenters. The van der Waals surface area contributed by atoms with Gasteiger partial charge >= 0.3 is 0 Å². The van der Waals surface area contributed by atoms with Gasteiger partial charge in [-0.1, -0.05) is 6.07 Å². The van der Waals surface area contributed by atoms with Crippen LogP contribution in [0.1, 0.15) is 30.5 Å². The van der Waals surface area contributed by atoms with Crippen molar-refractivity contribution in [2.45, 2.75) is 25.8 Å². The predicted octanol–water partition coefficient (Wildman–Crippen LogP) is 1.37. The summed E-state index contributed by atoms with van der Waals surface area (Å²) in [7, 11) is 0. The highest BCUT2D eigenvalue weighted by Crippen LogP contribution is 2.32. The SMILES string of the molecule is CCOc1c(Nc2ccc3c(c2)CC[C@@H]3N)c(=O)c1=O. The molecule has 0 saturated carbocycles. The van der Waals surface area contributed by atoms with Crippen LogP contribution in [0.25, 0.3) is 0 Å². The molecule has 0 fully saturated rings. The van der Waals surface area contributed by atoms with Crippen LogP contribution in [0.15, 0.2) is 27.8 Å². The lowest BCUT2D eigenvalue weighted by Crippen LogP contribution is -2.35. The first-order valence-corrected chi connectivity index (χ1v) is 6.73. The Labute approximate surface area is 116 Å². The first-order chi connectivity index (χ1) is 9.61. The van der Waals surface area contributed by atoms with Crippen LogP contribution < -0.4 is 26.6 Å². The number of ether oxygens (including phenoxy) is 1. The molecule has 0 heterocycles. The number of aryl methyl sites for hydroxylation is 1. The van der Waals surface area contributed by atoms with Crippen molar-refractivity contribution in [2.75, 3.05) is 11.9 Å². The van der Waals surface area contributed by atoms with Crippen LogP contribution in [0.4, 0.5) is 11.4 Å². The van der Waals surface area contributed by atoms with E-state index in [1.165, 1.54) is 5.56 Å². The van der Waals surface area contributed by atoms with E-state index in [9.17, 15) is 9.59 Å². The Morgan fingerprint density at radius 1 is 1.35 bits per heavy atom. The maximum absolute atomic E-state index is 11.6. The molecule has 104 valence electrons. The highest BCUT2D eigenvalue weighted by atomic mass is 16.5. The number of rotatable bonds is 4. The van der Waals surface area contributed by atoms with Crippen molar-refractivity contribution in [1.82, 2.24) is 0 Å². The normalized spacial score (nSPS) is 17.2.